The van der Waals surface area contributed by atoms with Crippen molar-refractivity contribution in [2.24, 2.45) is 5.92 Å². The Labute approximate surface area is 211 Å². The molecule has 194 valence electrons. The van der Waals surface area contributed by atoms with E-state index in [4.69, 9.17) is 14.2 Å². The van der Waals surface area contributed by atoms with Crippen LogP contribution < -0.4 is 14.4 Å². The van der Waals surface area contributed by atoms with E-state index in [1.165, 1.54) is 24.6 Å². The van der Waals surface area contributed by atoms with Crippen LogP contribution in [0.5, 0.6) is 11.5 Å². The number of sulfonamides is 1. The summed E-state index contributed by atoms with van der Waals surface area (Å²) in [7, 11) is -0.617. The Morgan fingerprint density at radius 2 is 1.89 bits per heavy atom. The zero-order valence-electron chi connectivity index (χ0n) is 20.6. The molecule has 3 aliphatic heterocycles. The average Bonchev–Trinajstić information content (AvgIpc) is 3.36. The summed E-state index contributed by atoms with van der Waals surface area (Å²) in [4.78, 5) is 21.1. The number of aromatic nitrogens is 1. The Hall–Kier alpha value is -2.89. The summed E-state index contributed by atoms with van der Waals surface area (Å²) in [5, 5.41) is 0. The lowest BCUT2D eigenvalue weighted by atomic mass is 9.99. The van der Waals surface area contributed by atoms with Gasteiger partial charge in [-0.1, -0.05) is 0 Å². The van der Waals surface area contributed by atoms with Gasteiger partial charge in [0, 0.05) is 58.5 Å². The number of nitrogens with zero attached hydrogens (tertiary/aromatic N) is 4. The van der Waals surface area contributed by atoms with E-state index in [1.807, 2.05) is 28.0 Å². The maximum Gasteiger partial charge on any atom is 0.244 e. The van der Waals surface area contributed by atoms with Crippen molar-refractivity contribution >= 4 is 27.3 Å². The van der Waals surface area contributed by atoms with Gasteiger partial charge in [-0.3, -0.25) is 9.78 Å². The smallest absolute Gasteiger partial charge is 0.244 e. The van der Waals surface area contributed by atoms with E-state index in [9.17, 15) is 13.2 Å². The molecule has 3 aliphatic rings. The number of anilines is 2. The van der Waals surface area contributed by atoms with Crippen LogP contribution in [0.2, 0.25) is 0 Å². The van der Waals surface area contributed by atoms with Gasteiger partial charge in [0.15, 0.2) is 0 Å². The molecule has 10 nitrogen and oxygen atoms in total. The molecule has 1 aromatic carbocycles. The minimum atomic E-state index is -3.61. The first-order valence-electron chi connectivity index (χ1n) is 12.3. The fourth-order valence-electron chi connectivity index (χ4n) is 4.87. The lowest BCUT2D eigenvalue weighted by Crippen LogP contribution is -2.38. The minimum absolute atomic E-state index is 0.0487. The highest BCUT2D eigenvalue weighted by Crippen LogP contribution is 2.40. The lowest BCUT2D eigenvalue weighted by Gasteiger charge is -2.32. The van der Waals surface area contributed by atoms with Gasteiger partial charge in [-0.05, 0) is 31.0 Å². The van der Waals surface area contributed by atoms with Crippen molar-refractivity contribution in [3.05, 3.63) is 36.7 Å². The second-order valence-corrected chi connectivity index (χ2v) is 11.6. The number of carbonyl (C=O) groups excluding carboxylic acids is 1. The van der Waals surface area contributed by atoms with Crippen LogP contribution >= 0.6 is 0 Å². The molecule has 0 aliphatic carbocycles. The van der Waals surface area contributed by atoms with E-state index >= 15 is 0 Å². The van der Waals surface area contributed by atoms with Gasteiger partial charge in [-0.25, -0.2) is 12.7 Å². The molecular weight excluding hydrogens is 484 g/mol. The standard InChI is InChI=1S/C25H32N4O6S/c1-27(2)36(31,32)22-13-19(15-26-16-22)29-9-12-34-24-4-3-20(14-23(24)29)35-21-5-8-28(17-21)25(30)18-6-10-33-11-7-18/h3-4,13-16,18,21H,5-12,17H2,1-2H3/t21-/m0/s1. The molecule has 2 fully saturated rings. The van der Waals surface area contributed by atoms with E-state index in [0.29, 0.717) is 56.6 Å². The van der Waals surface area contributed by atoms with Crippen LogP contribution in [0, 0.1) is 5.92 Å². The molecule has 5 rings (SSSR count). The summed E-state index contributed by atoms with van der Waals surface area (Å²) in [5.74, 6) is 1.62. The van der Waals surface area contributed by atoms with Gasteiger partial charge in [-0.2, -0.15) is 0 Å². The molecule has 0 spiro atoms. The first kappa shape index (κ1) is 24.8. The van der Waals surface area contributed by atoms with Crippen LogP contribution in [-0.4, -0.2) is 88.2 Å². The number of rotatable bonds is 6. The van der Waals surface area contributed by atoms with Crippen molar-refractivity contribution in [1.82, 2.24) is 14.2 Å². The molecule has 0 radical (unpaired) electrons. The number of fused-ring (bicyclic) bond motifs is 1. The van der Waals surface area contributed by atoms with Gasteiger partial charge in [0.2, 0.25) is 15.9 Å². The Morgan fingerprint density at radius 3 is 2.67 bits per heavy atom. The Balaban J connectivity index is 1.32. The van der Waals surface area contributed by atoms with Crippen LogP contribution in [-0.2, 0) is 19.6 Å². The van der Waals surface area contributed by atoms with Gasteiger partial charge in [0.1, 0.15) is 29.1 Å². The highest BCUT2D eigenvalue weighted by atomic mass is 32.2. The van der Waals surface area contributed by atoms with Crippen LogP contribution in [0.15, 0.2) is 41.6 Å². The average molecular weight is 517 g/mol. The lowest BCUT2D eigenvalue weighted by molar-refractivity contribution is -0.137. The molecule has 0 unspecified atom stereocenters. The number of pyridine rings is 1. The summed E-state index contributed by atoms with van der Waals surface area (Å²) in [6.07, 6.45) is 5.27. The summed E-state index contributed by atoms with van der Waals surface area (Å²) >= 11 is 0. The van der Waals surface area contributed by atoms with Crippen LogP contribution in [0.3, 0.4) is 0 Å². The molecule has 2 saturated heterocycles. The van der Waals surface area contributed by atoms with Crippen molar-refractivity contribution in [1.29, 1.82) is 0 Å². The third-order valence-electron chi connectivity index (χ3n) is 6.91. The molecule has 36 heavy (non-hydrogen) atoms. The highest BCUT2D eigenvalue weighted by molar-refractivity contribution is 7.89. The molecule has 11 heteroatoms. The molecule has 1 atom stereocenters. The Morgan fingerprint density at radius 1 is 1.08 bits per heavy atom. The van der Waals surface area contributed by atoms with Crippen molar-refractivity contribution in [2.45, 2.75) is 30.3 Å². The van der Waals surface area contributed by atoms with Crippen molar-refractivity contribution in [3.8, 4) is 11.5 Å². The summed E-state index contributed by atoms with van der Waals surface area (Å²) < 4.78 is 43.9. The number of hydrogen-bond acceptors (Lipinski definition) is 8. The first-order chi connectivity index (χ1) is 17.3. The fraction of sp³-hybridized carbons (Fsp3) is 0.520. The fourth-order valence-corrected chi connectivity index (χ4v) is 5.75. The number of hydrogen-bond donors (Lipinski definition) is 0. The first-order valence-corrected chi connectivity index (χ1v) is 13.7. The van der Waals surface area contributed by atoms with Crippen molar-refractivity contribution in [3.63, 3.8) is 0 Å². The normalized spacial score (nSPS) is 20.8. The van der Waals surface area contributed by atoms with Gasteiger partial charge in [0.25, 0.3) is 0 Å². The van der Waals surface area contributed by atoms with Crippen molar-refractivity contribution < 1.29 is 27.4 Å². The molecule has 0 bridgehead atoms. The molecule has 1 aromatic heterocycles. The molecule has 1 amide bonds. The maximum atomic E-state index is 12.9. The molecular formula is C25H32N4O6S. The van der Waals surface area contributed by atoms with Gasteiger partial charge in [0.05, 0.1) is 30.7 Å². The largest absolute Gasteiger partial charge is 0.490 e. The number of benzene rings is 1. The maximum absolute atomic E-state index is 12.9. The van der Waals surface area contributed by atoms with E-state index < -0.39 is 10.0 Å². The molecule has 0 saturated carbocycles. The van der Waals surface area contributed by atoms with E-state index in [-0.39, 0.29) is 22.8 Å². The summed E-state index contributed by atoms with van der Waals surface area (Å²) in [6, 6.07) is 7.27. The number of likely N-dealkylation sites (tertiary alicyclic amines) is 1. The SMILES string of the molecule is CN(C)S(=O)(=O)c1cncc(N2CCOc3ccc(O[C@H]4CCN(C(=O)C5CCOCC5)C4)cc32)c1. The second-order valence-electron chi connectivity index (χ2n) is 9.50. The zero-order valence-corrected chi connectivity index (χ0v) is 21.4. The van der Waals surface area contributed by atoms with E-state index in [0.717, 1.165) is 24.9 Å². The van der Waals surface area contributed by atoms with Crippen LogP contribution in [0.25, 0.3) is 0 Å². The summed E-state index contributed by atoms with van der Waals surface area (Å²) in [5.41, 5.74) is 1.45. The van der Waals surface area contributed by atoms with E-state index in [2.05, 4.69) is 4.98 Å². The molecule has 2 aromatic rings. The predicted octanol–water partition coefficient (Wildman–Crippen LogP) is 2.27. The molecule has 0 N–H and O–H groups in total. The number of carbonyl (C=O) groups is 1. The topological polar surface area (TPSA) is 102 Å². The number of amides is 1. The van der Waals surface area contributed by atoms with Crippen LogP contribution in [0.1, 0.15) is 19.3 Å². The predicted molar refractivity (Wildman–Crippen MR) is 133 cm³/mol. The number of ether oxygens (including phenoxy) is 3. The van der Waals surface area contributed by atoms with E-state index in [1.54, 1.807) is 12.3 Å². The Bertz CT molecular complexity index is 1210. The van der Waals surface area contributed by atoms with Gasteiger partial charge in [-0.15, -0.1) is 0 Å². The third-order valence-corrected chi connectivity index (χ3v) is 8.69. The Kier molecular flexibility index (Phi) is 7.05. The highest BCUT2D eigenvalue weighted by Gasteiger charge is 2.33. The second kappa shape index (κ2) is 10.2. The summed E-state index contributed by atoms with van der Waals surface area (Å²) in [6.45, 7) is 3.57. The van der Waals surface area contributed by atoms with Gasteiger partial charge < -0.3 is 24.0 Å². The zero-order chi connectivity index (χ0) is 25.3. The minimum Gasteiger partial charge on any atom is -0.490 e. The monoisotopic (exact) mass is 516 g/mol. The molecule has 4 heterocycles. The van der Waals surface area contributed by atoms with Crippen molar-refractivity contribution in [2.75, 3.05) is 58.5 Å². The quantitative estimate of drug-likeness (QED) is 0.576. The van der Waals surface area contributed by atoms with Crippen LogP contribution in [0.4, 0.5) is 11.4 Å². The van der Waals surface area contributed by atoms with Gasteiger partial charge >= 0.3 is 0 Å². The third kappa shape index (κ3) is 5.00.